The number of hydrogen-bond donors (Lipinski definition) is 1. The molecule has 16 heavy (non-hydrogen) atoms. The van der Waals surface area contributed by atoms with Crippen molar-refractivity contribution in [1.82, 2.24) is 4.98 Å². The van der Waals surface area contributed by atoms with Crippen LogP contribution in [0.5, 0.6) is 5.75 Å². The lowest BCUT2D eigenvalue weighted by molar-refractivity contribution is 0.477. The molecule has 0 aliphatic carbocycles. The molecule has 0 aliphatic heterocycles. The van der Waals surface area contributed by atoms with Crippen molar-refractivity contribution in [3.05, 3.63) is 48.2 Å². The first-order valence-corrected chi connectivity index (χ1v) is 5.55. The first-order valence-electron chi connectivity index (χ1n) is 5.55. The first kappa shape index (κ1) is 10.7. The maximum Gasteiger partial charge on any atom is 0.124 e. The molecule has 1 heterocycles. The Morgan fingerprint density at radius 3 is 2.69 bits per heavy atom. The van der Waals surface area contributed by atoms with Crippen molar-refractivity contribution in [2.75, 3.05) is 0 Å². The second kappa shape index (κ2) is 4.79. The van der Waals surface area contributed by atoms with Crippen molar-refractivity contribution in [3.63, 3.8) is 0 Å². The number of nitrogens with zero attached hydrogens (tertiary/aromatic N) is 1. The molecule has 0 radical (unpaired) electrons. The second-order valence-corrected chi connectivity index (χ2v) is 3.78. The van der Waals surface area contributed by atoms with Gasteiger partial charge >= 0.3 is 0 Å². The Morgan fingerprint density at radius 1 is 1.12 bits per heavy atom. The number of pyridine rings is 1. The van der Waals surface area contributed by atoms with Crippen LogP contribution < -0.4 is 0 Å². The highest BCUT2D eigenvalue weighted by molar-refractivity contribution is 5.69. The lowest BCUT2D eigenvalue weighted by Crippen LogP contribution is -1.92. The summed E-state index contributed by atoms with van der Waals surface area (Å²) >= 11 is 0. The van der Waals surface area contributed by atoms with Crippen molar-refractivity contribution in [3.8, 4) is 17.0 Å². The number of aromatic nitrogens is 1. The third-order valence-electron chi connectivity index (χ3n) is 2.57. The predicted octanol–water partition coefficient (Wildman–Crippen LogP) is 3.41. The Morgan fingerprint density at radius 2 is 1.94 bits per heavy atom. The largest absolute Gasteiger partial charge is 0.507 e. The molecule has 1 aromatic heterocycles. The third-order valence-corrected chi connectivity index (χ3v) is 2.57. The van der Waals surface area contributed by atoms with Crippen molar-refractivity contribution in [2.45, 2.75) is 19.8 Å². The van der Waals surface area contributed by atoms with E-state index in [0.717, 1.165) is 24.1 Å². The maximum absolute atomic E-state index is 9.82. The summed E-state index contributed by atoms with van der Waals surface area (Å²) in [5.74, 6) is 0.290. The fourth-order valence-corrected chi connectivity index (χ4v) is 1.83. The Kier molecular flexibility index (Phi) is 3.20. The Bertz CT molecular complexity index is 480. The van der Waals surface area contributed by atoms with Crippen LogP contribution in [0, 0.1) is 0 Å². The fourth-order valence-electron chi connectivity index (χ4n) is 1.83. The number of rotatable bonds is 3. The van der Waals surface area contributed by atoms with E-state index < -0.39 is 0 Å². The molecular weight excluding hydrogens is 198 g/mol. The van der Waals surface area contributed by atoms with Crippen LogP contribution in [0.25, 0.3) is 11.3 Å². The molecule has 1 aromatic carbocycles. The average molecular weight is 213 g/mol. The monoisotopic (exact) mass is 213 g/mol. The molecule has 0 spiro atoms. The van der Waals surface area contributed by atoms with Crippen LogP contribution in [0.3, 0.4) is 0 Å². The SMILES string of the molecule is CCCc1cccnc1-c1ccccc1O. The summed E-state index contributed by atoms with van der Waals surface area (Å²) in [7, 11) is 0. The van der Waals surface area contributed by atoms with Gasteiger partial charge in [-0.1, -0.05) is 31.5 Å². The summed E-state index contributed by atoms with van der Waals surface area (Å²) in [6.07, 6.45) is 3.82. The lowest BCUT2D eigenvalue weighted by atomic mass is 10.0. The molecule has 2 aromatic rings. The van der Waals surface area contributed by atoms with Crippen LogP contribution >= 0.6 is 0 Å². The zero-order valence-electron chi connectivity index (χ0n) is 9.35. The minimum Gasteiger partial charge on any atom is -0.507 e. The predicted molar refractivity (Wildman–Crippen MR) is 65.3 cm³/mol. The van der Waals surface area contributed by atoms with Gasteiger partial charge in [0.15, 0.2) is 0 Å². The van der Waals surface area contributed by atoms with Gasteiger partial charge in [-0.05, 0) is 30.2 Å². The van der Waals surface area contributed by atoms with E-state index in [0.29, 0.717) is 5.75 Å². The van der Waals surface area contributed by atoms with E-state index >= 15 is 0 Å². The van der Waals surface area contributed by atoms with Gasteiger partial charge in [0.1, 0.15) is 5.75 Å². The minimum absolute atomic E-state index is 0.290. The highest BCUT2D eigenvalue weighted by atomic mass is 16.3. The number of aryl methyl sites for hydroxylation is 1. The summed E-state index contributed by atoms with van der Waals surface area (Å²) < 4.78 is 0. The van der Waals surface area contributed by atoms with Crippen LogP contribution in [-0.4, -0.2) is 10.1 Å². The normalized spacial score (nSPS) is 10.3. The topological polar surface area (TPSA) is 33.1 Å². The van der Waals surface area contributed by atoms with Gasteiger partial charge in [0.25, 0.3) is 0 Å². The number of aromatic hydroxyl groups is 1. The molecule has 0 aliphatic rings. The molecule has 0 saturated carbocycles. The van der Waals surface area contributed by atoms with Crippen molar-refractivity contribution >= 4 is 0 Å². The molecule has 0 atom stereocenters. The van der Waals surface area contributed by atoms with Crippen molar-refractivity contribution in [1.29, 1.82) is 0 Å². The van der Waals surface area contributed by atoms with E-state index in [4.69, 9.17) is 0 Å². The molecule has 82 valence electrons. The number of benzene rings is 1. The Labute approximate surface area is 95.6 Å². The van der Waals surface area contributed by atoms with Crippen molar-refractivity contribution in [2.24, 2.45) is 0 Å². The van der Waals surface area contributed by atoms with Crippen molar-refractivity contribution < 1.29 is 5.11 Å². The average Bonchev–Trinajstić information content (AvgIpc) is 2.31. The quantitative estimate of drug-likeness (QED) is 0.847. The fraction of sp³-hybridized carbons (Fsp3) is 0.214. The number of phenols is 1. The molecule has 0 amide bonds. The molecule has 0 fully saturated rings. The van der Waals surface area contributed by atoms with E-state index in [1.807, 2.05) is 24.3 Å². The molecule has 2 heteroatoms. The maximum atomic E-state index is 9.82. The standard InChI is InChI=1S/C14H15NO/c1-2-6-11-7-5-10-15-14(11)12-8-3-4-9-13(12)16/h3-5,7-10,16H,2,6H2,1H3. The molecule has 0 saturated heterocycles. The third kappa shape index (κ3) is 2.06. The van der Waals surface area contributed by atoms with E-state index in [1.165, 1.54) is 5.56 Å². The van der Waals surface area contributed by atoms with E-state index in [1.54, 1.807) is 12.3 Å². The van der Waals surface area contributed by atoms with Crippen LogP contribution in [0.1, 0.15) is 18.9 Å². The molecule has 0 bridgehead atoms. The Hall–Kier alpha value is -1.83. The minimum atomic E-state index is 0.290. The summed E-state index contributed by atoms with van der Waals surface area (Å²) in [6, 6.07) is 11.3. The van der Waals surface area contributed by atoms with Crippen LogP contribution in [0.15, 0.2) is 42.6 Å². The van der Waals surface area contributed by atoms with Gasteiger partial charge in [-0.2, -0.15) is 0 Å². The van der Waals surface area contributed by atoms with Gasteiger partial charge in [-0.15, -0.1) is 0 Å². The van der Waals surface area contributed by atoms with Gasteiger partial charge < -0.3 is 5.11 Å². The van der Waals surface area contributed by atoms with E-state index in [9.17, 15) is 5.11 Å². The summed E-state index contributed by atoms with van der Waals surface area (Å²) in [6.45, 7) is 2.14. The highest BCUT2D eigenvalue weighted by Gasteiger charge is 2.08. The molecule has 2 nitrogen and oxygen atoms in total. The zero-order valence-corrected chi connectivity index (χ0v) is 9.35. The van der Waals surface area contributed by atoms with Crippen LogP contribution in [0.2, 0.25) is 0 Å². The number of para-hydroxylation sites is 1. The smallest absolute Gasteiger partial charge is 0.124 e. The summed E-state index contributed by atoms with van der Waals surface area (Å²) in [4.78, 5) is 4.37. The molecule has 0 unspecified atom stereocenters. The summed E-state index contributed by atoms with van der Waals surface area (Å²) in [5, 5.41) is 9.82. The summed E-state index contributed by atoms with van der Waals surface area (Å²) in [5.41, 5.74) is 2.89. The Balaban J connectivity index is 2.51. The molecular formula is C14H15NO. The second-order valence-electron chi connectivity index (χ2n) is 3.78. The lowest BCUT2D eigenvalue weighted by Gasteiger charge is -2.08. The van der Waals surface area contributed by atoms with Crippen LogP contribution in [-0.2, 0) is 6.42 Å². The van der Waals surface area contributed by atoms with Crippen LogP contribution in [0.4, 0.5) is 0 Å². The highest BCUT2D eigenvalue weighted by Crippen LogP contribution is 2.29. The van der Waals surface area contributed by atoms with E-state index in [2.05, 4.69) is 18.0 Å². The van der Waals surface area contributed by atoms with Gasteiger partial charge in [0.2, 0.25) is 0 Å². The molecule has 2 rings (SSSR count). The van der Waals surface area contributed by atoms with Gasteiger partial charge in [0, 0.05) is 11.8 Å². The first-order chi connectivity index (χ1) is 7.83. The van der Waals surface area contributed by atoms with Gasteiger partial charge in [0.05, 0.1) is 5.69 Å². The zero-order chi connectivity index (χ0) is 11.4. The number of phenolic OH excluding ortho intramolecular Hbond substituents is 1. The van der Waals surface area contributed by atoms with E-state index in [-0.39, 0.29) is 0 Å². The van der Waals surface area contributed by atoms with Gasteiger partial charge in [-0.3, -0.25) is 4.98 Å². The molecule has 1 N–H and O–H groups in total. The number of hydrogen-bond acceptors (Lipinski definition) is 2. The van der Waals surface area contributed by atoms with Gasteiger partial charge in [-0.25, -0.2) is 0 Å².